The lowest BCUT2D eigenvalue weighted by atomic mass is 9.89. The van der Waals surface area contributed by atoms with Gasteiger partial charge in [-0.2, -0.15) is 13.2 Å². The molecular weight excluding hydrogens is 389 g/mol. The molecule has 1 N–H and O–H groups in total. The van der Waals surface area contributed by atoms with Crippen LogP contribution in [0.15, 0.2) is 24.3 Å². The van der Waals surface area contributed by atoms with Crippen LogP contribution in [0.25, 0.3) is 0 Å². The van der Waals surface area contributed by atoms with E-state index in [9.17, 15) is 27.9 Å². The summed E-state index contributed by atoms with van der Waals surface area (Å²) >= 11 is 0. The Morgan fingerprint density at radius 1 is 1.24 bits per heavy atom. The number of rotatable bonds is 9. The molecule has 1 heterocycles. The lowest BCUT2D eigenvalue weighted by Gasteiger charge is -2.19. The van der Waals surface area contributed by atoms with Gasteiger partial charge in [-0.25, -0.2) is 0 Å². The van der Waals surface area contributed by atoms with Gasteiger partial charge in [-0.3, -0.25) is 9.59 Å². The van der Waals surface area contributed by atoms with Crippen molar-refractivity contribution in [2.75, 3.05) is 6.61 Å². The van der Waals surface area contributed by atoms with E-state index >= 15 is 0 Å². The molecule has 0 amide bonds. The van der Waals surface area contributed by atoms with Gasteiger partial charge in [0.1, 0.15) is 12.7 Å². The number of alkyl halides is 3. The third kappa shape index (κ3) is 6.73. The summed E-state index contributed by atoms with van der Waals surface area (Å²) in [5.41, 5.74) is 0.726. The SMILES string of the molecule is CCC(CCCC(C)C(=O)OC1COC(=O)C1)c1ccc(C(O)C(F)(F)F)cc1. The Hall–Kier alpha value is -2.09. The molecule has 1 aromatic carbocycles. The van der Waals surface area contributed by atoms with Crippen LogP contribution in [0.3, 0.4) is 0 Å². The number of carbonyl (C=O) groups excluding carboxylic acids is 2. The van der Waals surface area contributed by atoms with Crippen molar-refractivity contribution in [1.29, 1.82) is 0 Å². The molecule has 1 aromatic rings. The Balaban J connectivity index is 1.82. The summed E-state index contributed by atoms with van der Waals surface area (Å²) in [4.78, 5) is 23.1. The summed E-state index contributed by atoms with van der Waals surface area (Å²) in [7, 11) is 0. The fourth-order valence-corrected chi connectivity index (χ4v) is 3.38. The molecule has 0 aliphatic carbocycles. The molecule has 1 fully saturated rings. The molecule has 2 rings (SSSR count). The number of esters is 2. The van der Waals surface area contributed by atoms with Crippen LogP contribution in [0.2, 0.25) is 0 Å². The Bertz CT molecular complexity index is 687. The van der Waals surface area contributed by atoms with Gasteiger partial charge in [0.15, 0.2) is 6.10 Å². The number of ether oxygens (including phenoxy) is 2. The summed E-state index contributed by atoms with van der Waals surface area (Å²) in [5, 5.41) is 9.32. The van der Waals surface area contributed by atoms with Gasteiger partial charge in [-0.05, 0) is 36.3 Å². The van der Waals surface area contributed by atoms with Crippen molar-refractivity contribution >= 4 is 11.9 Å². The van der Waals surface area contributed by atoms with E-state index in [4.69, 9.17) is 9.47 Å². The highest BCUT2D eigenvalue weighted by Gasteiger charge is 2.39. The molecule has 8 heteroatoms. The zero-order valence-electron chi connectivity index (χ0n) is 16.6. The van der Waals surface area contributed by atoms with E-state index in [1.807, 2.05) is 6.92 Å². The number of aliphatic hydroxyl groups excluding tert-OH is 1. The van der Waals surface area contributed by atoms with E-state index in [-0.39, 0.29) is 42.4 Å². The summed E-state index contributed by atoms with van der Waals surface area (Å²) in [6.07, 6.45) is -4.63. The van der Waals surface area contributed by atoms with Gasteiger partial charge in [0.2, 0.25) is 0 Å². The molecule has 5 nitrogen and oxygen atoms in total. The Labute approximate surface area is 168 Å². The van der Waals surface area contributed by atoms with Crippen LogP contribution in [0, 0.1) is 5.92 Å². The maximum Gasteiger partial charge on any atom is 0.418 e. The van der Waals surface area contributed by atoms with Gasteiger partial charge in [-0.15, -0.1) is 0 Å². The van der Waals surface area contributed by atoms with Crippen LogP contribution < -0.4 is 0 Å². The van der Waals surface area contributed by atoms with Crippen LogP contribution in [-0.4, -0.2) is 35.9 Å². The highest BCUT2D eigenvalue weighted by molar-refractivity contribution is 5.75. The average Bonchev–Trinajstić information content (AvgIpc) is 3.08. The number of cyclic esters (lactones) is 1. The van der Waals surface area contributed by atoms with Crippen LogP contribution in [0.5, 0.6) is 0 Å². The molecule has 0 aromatic heterocycles. The summed E-state index contributed by atoms with van der Waals surface area (Å²) in [6.45, 7) is 3.88. The summed E-state index contributed by atoms with van der Waals surface area (Å²) in [6, 6.07) is 5.85. The number of hydrogen-bond acceptors (Lipinski definition) is 5. The predicted molar refractivity (Wildman–Crippen MR) is 99.0 cm³/mol. The zero-order chi connectivity index (χ0) is 21.6. The molecule has 0 radical (unpaired) electrons. The van der Waals surface area contributed by atoms with E-state index in [0.717, 1.165) is 24.8 Å². The van der Waals surface area contributed by atoms with Gasteiger partial charge in [0.05, 0.1) is 12.3 Å². The minimum absolute atomic E-state index is 0.0927. The van der Waals surface area contributed by atoms with Crippen molar-refractivity contribution < 1.29 is 37.3 Å². The van der Waals surface area contributed by atoms with E-state index in [1.165, 1.54) is 12.1 Å². The number of hydrogen-bond donors (Lipinski definition) is 1. The number of aliphatic hydroxyl groups is 1. The first kappa shape index (κ1) is 23.2. The third-order valence-electron chi connectivity index (χ3n) is 5.23. The second kappa shape index (κ2) is 10.1. The molecule has 0 saturated carbocycles. The largest absolute Gasteiger partial charge is 0.462 e. The number of carbonyl (C=O) groups is 2. The second-order valence-corrected chi connectivity index (χ2v) is 7.49. The summed E-state index contributed by atoms with van der Waals surface area (Å²) < 4.78 is 47.9. The molecule has 162 valence electrons. The van der Waals surface area contributed by atoms with Crippen LogP contribution in [0.4, 0.5) is 13.2 Å². The predicted octanol–water partition coefficient (Wildman–Crippen LogP) is 4.44. The van der Waals surface area contributed by atoms with Crippen LogP contribution >= 0.6 is 0 Å². The van der Waals surface area contributed by atoms with Crippen molar-refractivity contribution in [3.63, 3.8) is 0 Å². The smallest absolute Gasteiger partial charge is 0.418 e. The van der Waals surface area contributed by atoms with Gasteiger partial charge < -0.3 is 14.6 Å². The quantitative estimate of drug-likeness (QED) is 0.603. The first-order valence-corrected chi connectivity index (χ1v) is 9.82. The number of benzene rings is 1. The highest BCUT2D eigenvalue weighted by atomic mass is 19.4. The maximum atomic E-state index is 12.6. The second-order valence-electron chi connectivity index (χ2n) is 7.49. The fourth-order valence-electron chi connectivity index (χ4n) is 3.38. The molecule has 1 aliphatic heterocycles. The summed E-state index contributed by atoms with van der Waals surface area (Å²) in [5.74, 6) is -0.884. The molecule has 4 unspecified atom stereocenters. The lowest BCUT2D eigenvalue weighted by Crippen LogP contribution is -2.23. The van der Waals surface area contributed by atoms with Gasteiger partial charge in [0, 0.05) is 0 Å². The van der Waals surface area contributed by atoms with Gasteiger partial charge >= 0.3 is 18.1 Å². The Morgan fingerprint density at radius 2 is 1.86 bits per heavy atom. The van der Waals surface area contributed by atoms with Crippen LogP contribution in [-0.2, 0) is 19.1 Å². The van der Waals surface area contributed by atoms with Crippen molar-refractivity contribution in [2.45, 2.75) is 70.3 Å². The molecule has 29 heavy (non-hydrogen) atoms. The third-order valence-corrected chi connectivity index (χ3v) is 5.23. The monoisotopic (exact) mass is 416 g/mol. The Morgan fingerprint density at radius 3 is 2.38 bits per heavy atom. The van der Waals surface area contributed by atoms with Crippen LogP contribution in [0.1, 0.15) is 69.1 Å². The van der Waals surface area contributed by atoms with Gasteiger partial charge in [-0.1, -0.05) is 44.5 Å². The van der Waals surface area contributed by atoms with E-state index in [1.54, 1.807) is 19.1 Å². The minimum Gasteiger partial charge on any atom is -0.462 e. The molecule has 4 atom stereocenters. The van der Waals surface area contributed by atoms with E-state index in [2.05, 4.69) is 0 Å². The standard InChI is InChI=1S/C21H27F3O5/c1-3-14(15-7-9-16(10-8-15)19(26)21(22,23)24)6-4-5-13(2)20(27)29-17-11-18(25)28-12-17/h7-10,13-14,17,19,26H,3-6,11-12H2,1-2H3. The normalized spacial score (nSPS) is 20.1. The van der Waals surface area contributed by atoms with Gasteiger partial charge in [0.25, 0.3) is 0 Å². The van der Waals surface area contributed by atoms with E-state index in [0.29, 0.717) is 6.42 Å². The van der Waals surface area contributed by atoms with Crippen molar-refractivity contribution in [3.8, 4) is 0 Å². The first-order chi connectivity index (χ1) is 13.6. The van der Waals surface area contributed by atoms with E-state index < -0.39 is 18.4 Å². The topological polar surface area (TPSA) is 72.8 Å². The van der Waals surface area contributed by atoms with Crippen molar-refractivity contribution in [2.24, 2.45) is 5.92 Å². The molecule has 0 spiro atoms. The minimum atomic E-state index is -4.69. The molecule has 1 saturated heterocycles. The maximum absolute atomic E-state index is 12.6. The van der Waals surface area contributed by atoms with Crippen molar-refractivity contribution in [3.05, 3.63) is 35.4 Å². The lowest BCUT2D eigenvalue weighted by molar-refractivity contribution is -0.206. The van der Waals surface area contributed by atoms with Crippen molar-refractivity contribution in [1.82, 2.24) is 0 Å². The fraction of sp³-hybridized carbons (Fsp3) is 0.619. The first-order valence-electron chi connectivity index (χ1n) is 9.82. The highest BCUT2D eigenvalue weighted by Crippen LogP contribution is 2.34. The molecular formula is C21H27F3O5. The molecule has 1 aliphatic rings. The molecule has 0 bridgehead atoms. The average molecular weight is 416 g/mol. The zero-order valence-corrected chi connectivity index (χ0v) is 16.6. The Kier molecular flexibility index (Phi) is 8.07. The number of halogens is 3.